The van der Waals surface area contributed by atoms with Crippen molar-refractivity contribution in [1.29, 1.82) is 0 Å². The van der Waals surface area contributed by atoms with Crippen LogP contribution in [0, 0.1) is 34.5 Å². The molecule has 4 aliphatic carbocycles. The summed E-state index contributed by atoms with van der Waals surface area (Å²) < 4.78 is 7.14. The van der Waals surface area contributed by atoms with Crippen LogP contribution < -0.4 is 0 Å². The van der Waals surface area contributed by atoms with Crippen molar-refractivity contribution in [2.24, 2.45) is 34.5 Å². The van der Waals surface area contributed by atoms with Gasteiger partial charge in [-0.1, -0.05) is 65.0 Å². The maximum Gasteiger partial charge on any atom is 0.192 e. The normalized spacial score (nSPS) is 43.8. The molecular weight excluding hydrogens is 444 g/mol. The molecule has 3 heteroatoms. The van der Waals surface area contributed by atoms with Crippen LogP contribution in [0.15, 0.2) is 30.3 Å². The standard InChI is InChI=1S/C32H52O2Si/c1-29(2,3)35(6,7)34-28-16-15-26-25-14-13-24-22-32(33,21-23-11-9-8-10-12-23)20-19-30(24,4)27(25)17-18-31(26,28)5/h8-12,24-28,33H,13-22H2,1-7H3/t24?,25-,26-,27+,28?,30-,31-,32?/m0/s1. The highest BCUT2D eigenvalue weighted by Gasteiger charge is 2.62. The molecule has 1 N–H and O–H groups in total. The van der Waals surface area contributed by atoms with Crippen LogP contribution >= 0.6 is 0 Å². The highest BCUT2D eigenvalue weighted by atomic mass is 28.4. The van der Waals surface area contributed by atoms with Crippen LogP contribution in [0.4, 0.5) is 0 Å². The first kappa shape index (κ1) is 26.0. The van der Waals surface area contributed by atoms with Gasteiger partial charge in [-0.05, 0) is 116 Å². The Morgan fingerprint density at radius 3 is 2.26 bits per heavy atom. The van der Waals surface area contributed by atoms with Crippen molar-refractivity contribution in [3.63, 3.8) is 0 Å². The Hall–Kier alpha value is -0.643. The fraction of sp³-hybridized carbons (Fsp3) is 0.812. The van der Waals surface area contributed by atoms with Gasteiger partial charge in [0.1, 0.15) is 0 Å². The van der Waals surface area contributed by atoms with E-state index in [4.69, 9.17) is 4.43 Å². The summed E-state index contributed by atoms with van der Waals surface area (Å²) >= 11 is 0. The Bertz CT molecular complexity index is 906. The fourth-order valence-corrected chi connectivity index (χ4v) is 10.6. The van der Waals surface area contributed by atoms with Crippen LogP contribution in [0.1, 0.15) is 98.0 Å². The van der Waals surface area contributed by atoms with Gasteiger partial charge in [0.25, 0.3) is 0 Å². The summed E-state index contributed by atoms with van der Waals surface area (Å²) in [4.78, 5) is 0. The van der Waals surface area contributed by atoms with Crippen molar-refractivity contribution >= 4 is 8.32 Å². The van der Waals surface area contributed by atoms with Crippen molar-refractivity contribution in [1.82, 2.24) is 0 Å². The van der Waals surface area contributed by atoms with Gasteiger partial charge in [-0.25, -0.2) is 0 Å². The van der Waals surface area contributed by atoms with E-state index in [0.29, 0.717) is 22.9 Å². The van der Waals surface area contributed by atoms with E-state index in [0.717, 1.165) is 37.0 Å². The first-order valence-corrected chi connectivity index (χ1v) is 17.6. The molecule has 1 aromatic carbocycles. The molecule has 1 aromatic rings. The van der Waals surface area contributed by atoms with Crippen LogP contribution in [0.2, 0.25) is 18.1 Å². The third kappa shape index (κ3) is 4.40. The molecule has 5 rings (SSSR count). The van der Waals surface area contributed by atoms with Gasteiger partial charge >= 0.3 is 0 Å². The Morgan fingerprint density at radius 2 is 1.57 bits per heavy atom. The van der Waals surface area contributed by atoms with Gasteiger partial charge in [0.05, 0.1) is 11.7 Å². The average molecular weight is 497 g/mol. The van der Waals surface area contributed by atoms with Crippen molar-refractivity contribution in [2.45, 2.75) is 129 Å². The molecule has 4 fully saturated rings. The smallest absolute Gasteiger partial charge is 0.192 e. The zero-order chi connectivity index (χ0) is 25.3. The van der Waals surface area contributed by atoms with E-state index >= 15 is 0 Å². The molecule has 8 atom stereocenters. The quantitative estimate of drug-likeness (QED) is 0.424. The van der Waals surface area contributed by atoms with Crippen LogP contribution in [-0.4, -0.2) is 25.1 Å². The molecule has 2 nitrogen and oxygen atoms in total. The summed E-state index contributed by atoms with van der Waals surface area (Å²) in [6.45, 7) is 17.3. The van der Waals surface area contributed by atoms with Crippen LogP contribution in [0.5, 0.6) is 0 Å². The molecule has 4 saturated carbocycles. The van der Waals surface area contributed by atoms with Gasteiger partial charge in [0.15, 0.2) is 8.32 Å². The van der Waals surface area contributed by atoms with Crippen molar-refractivity contribution in [3.05, 3.63) is 35.9 Å². The Balaban J connectivity index is 1.31. The highest BCUT2D eigenvalue weighted by Crippen LogP contribution is 2.67. The largest absolute Gasteiger partial charge is 0.413 e. The van der Waals surface area contributed by atoms with Gasteiger partial charge in [-0.15, -0.1) is 0 Å². The molecule has 0 heterocycles. The topological polar surface area (TPSA) is 29.5 Å². The van der Waals surface area contributed by atoms with Gasteiger partial charge < -0.3 is 9.53 Å². The lowest BCUT2D eigenvalue weighted by atomic mass is 9.44. The second-order valence-corrected chi connectivity index (χ2v) is 20.0. The minimum Gasteiger partial charge on any atom is -0.413 e. The van der Waals surface area contributed by atoms with E-state index < -0.39 is 13.9 Å². The molecule has 35 heavy (non-hydrogen) atoms. The molecule has 3 unspecified atom stereocenters. The Morgan fingerprint density at radius 1 is 0.886 bits per heavy atom. The van der Waals surface area contributed by atoms with Gasteiger partial charge in [0.2, 0.25) is 0 Å². The Labute approximate surface area is 216 Å². The number of hydrogen-bond acceptors (Lipinski definition) is 2. The van der Waals surface area contributed by atoms with Gasteiger partial charge in [0, 0.05) is 6.42 Å². The first-order chi connectivity index (χ1) is 16.3. The molecule has 0 spiro atoms. The van der Waals surface area contributed by atoms with E-state index in [9.17, 15) is 5.11 Å². The van der Waals surface area contributed by atoms with Crippen LogP contribution in [0.25, 0.3) is 0 Å². The minimum absolute atomic E-state index is 0.281. The molecule has 4 aliphatic rings. The van der Waals surface area contributed by atoms with Crippen molar-refractivity contribution < 1.29 is 9.53 Å². The molecular formula is C32H52O2Si. The maximum atomic E-state index is 11.7. The zero-order valence-electron chi connectivity index (χ0n) is 23.7. The predicted molar refractivity (Wildman–Crippen MR) is 149 cm³/mol. The number of fused-ring (bicyclic) bond motifs is 5. The third-order valence-electron chi connectivity index (χ3n) is 12.4. The summed E-state index contributed by atoms with van der Waals surface area (Å²) in [6, 6.07) is 10.7. The molecule has 196 valence electrons. The van der Waals surface area contributed by atoms with Crippen LogP contribution in [-0.2, 0) is 10.8 Å². The predicted octanol–water partition coefficient (Wildman–Crippen LogP) is 8.39. The van der Waals surface area contributed by atoms with Crippen LogP contribution in [0.3, 0.4) is 0 Å². The second-order valence-electron chi connectivity index (χ2n) is 15.2. The summed E-state index contributed by atoms with van der Waals surface area (Å²) in [5.41, 5.74) is 1.55. The second kappa shape index (κ2) is 8.70. The summed E-state index contributed by atoms with van der Waals surface area (Å²) in [7, 11) is -1.76. The van der Waals surface area contributed by atoms with Gasteiger partial charge in [-0.3, -0.25) is 0 Å². The lowest BCUT2D eigenvalue weighted by molar-refractivity contribution is -0.153. The molecule has 0 bridgehead atoms. The highest BCUT2D eigenvalue weighted by molar-refractivity contribution is 6.74. The zero-order valence-corrected chi connectivity index (χ0v) is 24.7. The maximum absolute atomic E-state index is 11.7. The van der Waals surface area contributed by atoms with E-state index in [1.54, 1.807) is 0 Å². The fourth-order valence-electron chi connectivity index (χ4n) is 9.14. The van der Waals surface area contributed by atoms with Gasteiger partial charge in [-0.2, -0.15) is 0 Å². The summed E-state index contributed by atoms with van der Waals surface area (Å²) in [5.74, 6) is 3.21. The molecule has 0 amide bonds. The summed E-state index contributed by atoms with van der Waals surface area (Å²) in [5, 5.41) is 11.9. The van der Waals surface area contributed by atoms with E-state index in [-0.39, 0.29) is 5.04 Å². The van der Waals surface area contributed by atoms with E-state index in [1.165, 1.54) is 50.5 Å². The van der Waals surface area contributed by atoms with E-state index in [2.05, 4.69) is 78.0 Å². The molecule has 0 aromatic heterocycles. The number of aliphatic hydroxyl groups is 1. The summed E-state index contributed by atoms with van der Waals surface area (Å²) in [6.07, 6.45) is 12.5. The average Bonchev–Trinajstić information content (AvgIpc) is 3.10. The lowest BCUT2D eigenvalue weighted by Gasteiger charge is -2.62. The monoisotopic (exact) mass is 496 g/mol. The number of rotatable bonds is 4. The molecule has 0 saturated heterocycles. The number of hydrogen-bond donors (Lipinski definition) is 1. The SMILES string of the molecule is CC(C)(C)[Si](C)(C)OC1CC[C@H]2[C@@H]3CCC4CC(O)(Cc5ccccc5)CC[C@]4(C)[C@@H]3CC[C@]12C. The number of benzene rings is 1. The molecule has 0 radical (unpaired) electrons. The lowest BCUT2D eigenvalue weighted by Crippen LogP contribution is -2.57. The van der Waals surface area contributed by atoms with Crippen molar-refractivity contribution in [2.75, 3.05) is 0 Å². The van der Waals surface area contributed by atoms with Crippen molar-refractivity contribution in [3.8, 4) is 0 Å². The minimum atomic E-state index is -1.76. The molecule has 0 aliphatic heterocycles. The Kier molecular flexibility index (Phi) is 6.46. The first-order valence-electron chi connectivity index (χ1n) is 14.7. The van der Waals surface area contributed by atoms with E-state index in [1.807, 2.05) is 0 Å². The third-order valence-corrected chi connectivity index (χ3v) is 16.8.